The molecule has 22 heavy (non-hydrogen) atoms. The van der Waals surface area contributed by atoms with E-state index in [0.29, 0.717) is 0 Å². The molecule has 0 rings (SSSR count). The topological polar surface area (TPSA) is 6.48 Å². The first-order chi connectivity index (χ1) is 9.66. The van der Waals surface area contributed by atoms with Crippen LogP contribution in [0.15, 0.2) is 0 Å². The molecule has 0 saturated carbocycles. The van der Waals surface area contributed by atoms with E-state index in [4.69, 9.17) is 0 Å². The van der Waals surface area contributed by atoms with Gasteiger partial charge in [-0.25, -0.2) is 0 Å². The molecular formula is C14H29F5N2Si. The molecule has 0 aromatic carbocycles. The second-order valence-corrected chi connectivity index (χ2v) is 9.43. The van der Waals surface area contributed by atoms with Gasteiger partial charge in [0.05, 0.1) is 0 Å². The summed E-state index contributed by atoms with van der Waals surface area (Å²) in [6.07, 6.45) is -5.53. The van der Waals surface area contributed by atoms with Gasteiger partial charge < -0.3 is 9.13 Å². The summed E-state index contributed by atoms with van der Waals surface area (Å²) in [5.74, 6) is 0. The summed E-state index contributed by atoms with van der Waals surface area (Å²) in [6, 6.07) is -1.54. The van der Waals surface area contributed by atoms with Gasteiger partial charge in [0.15, 0.2) is 0 Å². The van der Waals surface area contributed by atoms with Crippen LogP contribution in [-0.2, 0) is 0 Å². The van der Waals surface area contributed by atoms with Crippen LogP contribution in [0.25, 0.3) is 0 Å². The third-order valence-electron chi connectivity index (χ3n) is 3.65. The molecular weight excluding hydrogens is 319 g/mol. The van der Waals surface area contributed by atoms with Crippen molar-refractivity contribution in [1.82, 2.24) is 9.13 Å². The Balaban J connectivity index is 6.19. The van der Waals surface area contributed by atoms with Crippen molar-refractivity contribution in [2.75, 3.05) is 0 Å². The Bertz CT molecular complexity index is 307. The number of halogens is 5. The van der Waals surface area contributed by atoms with Gasteiger partial charge in [-0.1, -0.05) is 55.4 Å². The van der Waals surface area contributed by atoms with Crippen molar-refractivity contribution in [3.8, 4) is 0 Å². The summed E-state index contributed by atoms with van der Waals surface area (Å²) >= 11 is 0. The first-order valence-corrected chi connectivity index (χ1v) is 9.26. The van der Waals surface area contributed by atoms with Crippen molar-refractivity contribution < 1.29 is 22.0 Å². The number of hydrogen-bond donors (Lipinski definition) is 0. The standard InChI is InChI=1S/C14H29F5N2Si/c1-9(2)20(10(3)4)22(14(18,19)13(15,16)17)21(11(5)6)12(7)8/h9-12,22H,1-8H3. The monoisotopic (exact) mass is 348 g/mol. The Labute approximate surface area is 132 Å². The molecule has 0 aromatic rings. The van der Waals surface area contributed by atoms with Crippen molar-refractivity contribution in [1.29, 1.82) is 0 Å². The molecule has 0 bridgehead atoms. The minimum absolute atomic E-state index is 0.384. The van der Waals surface area contributed by atoms with Gasteiger partial charge in [0.2, 0.25) is 0 Å². The normalized spacial score (nSPS) is 14.7. The second kappa shape index (κ2) is 7.57. The fourth-order valence-electron chi connectivity index (χ4n) is 3.00. The quantitative estimate of drug-likeness (QED) is 0.503. The van der Waals surface area contributed by atoms with Crippen molar-refractivity contribution >= 4 is 9.12 Å². The molecule has 0 aliphatic carbocycles. The summed E-state index contributed by atoms with van der Waals surface area (Å²) in [5.41, 5.74) is -4.68. The lowest BCUT2D eigenvalue weighted by molar-refractivity contribution is -0.251. The molecule has 0 aromatic heterocycles. The molecule has 134 valence electrons. The molecule has 8 heteroatoms. The Kier molecular flexibility index (Phi) is 7.50. The molecule has 0 spiro atoms. The molecule has 0 atom stereocenters. The van der Waals surface area contributed by atoms with Crippen LogP contribution in [0.1, 0.15) is 55.4 Å². The van der Waals surface area contributed by atoms with Gasteiger partial charge in [0.25, 0.3) is 9.12 Å². The molecule has 2 nitrogen and oxygen atoms in total. The van der Waals surface area contributed by atoms with Crippen LogP contribution < -0.4 is 0 Å². The summed E-state index contributed by atoms with van der Waals surface area (Å²) < 4.78 is 70.8. The number of nitrogens with zero attached hydrogens (tertiary/aromatic N) is 2. The smallest absolute Gasteiger partial charge is 0.305 e. The van der Waals surface area contributed by atoms with E-state index in [2.05, 4.69) is 0 Å². The zero-order valence-corrected chi connectivity index (χ0v) is 15.8. The molecule has 0 unspecified atom stereocenters. The Hall–Kier alpha value is -0.213. The molecule has 0 aliphatic heterocycles. The number of alkyl halides is 5. The van der Waals surface area contributed by atoms with Gasteiger partial charge in [-0.15, -0.1) is 0 Å². The molecule has 0 aliphatic rings. The van der Waals surface area contributed by atoms with Crippen LogP contribution >= 0.6 is 0 Å². The predicted molar refractivity (Wildman–Crippen MR) is 82.4 cm³/mol. The van der Waals surface area contributed by atoms with E-state index >= 15 is 0 Å². The summed E-state index contributed by atoms with van der Waals surface area (Å²) in [6.45, 7) is 13.4. The number of rotatable bonds is 7. The molecule has 0 radical (unpaired) electrons. The number of hydrogen-bond acceptors (Lipinski definition) is 2. The highest BCUT2D eigenvalue weighted by atomic mass is 28.3. The highest BCUT2D eigenvalue weighted by molar-refractivity contribution is 6.56. The van der Waals surface area contributed by atoms with E-state index < -0.39 is 20.8 Å². The van der Waals surface area contributed by atoms with E-state index in [1.165, 1.54) is 9.13 Å². The van der Waals surface area contributed by atoms with Gasteiger partial charge in [0.1, 0.15) is 0 Å². The van der Waals surface area contributed by atoms with Crippen molar-refractivity contribution in [3.05, 3.63) is 0 Å². The van der Waals surface area contributed by atoms with Gasteiger partial charge in [-0.2, -0.15) is 22.0 Å². The highest BCUT2D eigenvalue weighted by Gasteiger charge is 2.67. The lowest BCUT2D eigenvalue weighted by atomic mass is 10.3. The SMILES string of the molecule is CC(C)N(C(C)C)[SiH](N(C(C)C)C(C)C)C(F)(F)C(F)(F)F. The second-order valence-electron chi connectivity index (χ2n) is 6.76. The minimum atomic E-state index is -5.53. The van der Waals surface area contributed by atoms with Crippen molar-refractivity contribution in [2.45, 2.75) is 91.3 Å². The molecule has 0 heterocycles. The largest absolute Gasteiger partial charge is 0.451 e. The maximum absolute atomic E-state index is 14.4. The summed E-state index contributed by atoms with van der Waals surface area (Å²) in [4.78, 5) is 0. The van der Waals surface area contributed by atoms with E-state index in [-0.39, 0.29) is 24.2 Å². The maximum atomic E-state index is 14.4. The van der Waals surface area contributed by atoms with Crippen LogP contribution in [0, 0.1) is 0 Å². The lowest BCUT2D eigenvalue weighted by Crippen LogP contribution is -2.72. The van der Waals surface area contributed by atoms with E-state index in [9.17, 15) is 22.0 Å². The zero-order valence-electron chi connectivity index (χ0n) is 14.7. The lowest BCUT2D eigenvalue weighted by Gasteiger charge is -2.49. The van der Waals surface area contributed by atoms with E-state index in [1.807, 2.05) is 0 Å². The van der Waals surface area contributed by atoms with E-state index in [0.717, 1.165) is 0 Å². The Morgan fingerprint density at radius 2 is 0.818 bits per heavy atom. The average Bonchev–Trinajstić information content (AvgIpc) is 2.23. The van der Waals surface area contributed by atoms with Gasteiger partial charge in [-0.3, -0.25) is 0 Å². The minimum Gasteiger partial charge on any atom is -0.305 e. The fraction of sp³-hybridized carbons (Fsp3) is 1.00. The summed E-state index contributed by atoms with van der Waals surface area (Å²) in [7, 11) is -3.82. The highest BCUT2D eigenvalue weighted by Crippen LogP contribution is 2.41. The maximum Gasteiger partial charge on any atom is 0.451 e. The van der Waals surface area contributed by atoms with Crippen molar-refractivity contribution in [3.63, 3.8) is 0 Å². The third kappa shape index (κ3) is 4.64. The summed E-state index contributed by atoms with van der Waals surface area (Å²) in [5, 5.41) is 0. The predicted octanol–water partition coefficient (Wildman–Crippen LogP) is 4.18. The third-order valence-corrected chi connectivity index (χ3v) is 8.14. The van der Waals surface area contributed by atoms with Crippen LogP contribution in [-0.4, -0.2) is 54.1 Å². The van der Waals surface area contributed by atoms with Gasteiger partial charge in [-0.05, 0) is 24.2 Å². The van der Waals surface area contributed by atoms with Gasteiger partial charge in [0, 0.05) is 0 Å². The van der Waals surface area contributed by atoms with E-state index in [1.54, 1.807) is 55.4 Å². The fourth-order valence-corrected chi connectivity index (χ4v) is 6.61. The molecule has 0 amide bonds. The molecule has 0 N–H and O–H groups in total. The Morgan fingerprint density at radius 1 is 0.591 bits per heavy atom. The van der Waals surface area contributed by atoms with Crippen LogP contribution in [0.4, 0.5) is 22.0 Å². The molecule has 0 saturated heterocycles. The Morgan fingerprint density at radius 3 is 0.955 bits per heavy atom. The zero-order chi connectivity index (χ0) is 18.0. The average molecular weight is 348 g/mol. The first-order valence-electron chi connectivity index (χ1n) is 7.65. The van der Waals surface area contributed by atoms with Gasteiger partial charge >= 0.3 is 11.7 Å². The van der Waals surface area contributed by atoms with Crippen LogP contribution in [0.5, 0.6) is 0 Å². The molecule has 0 fully saturated rings. The first kappa shape index (κ1) is 21.8. The van der Waals surface area contributed by atoms with Crippen LogP contribution in [0.3, 0.4) is 0 Å². The van der Waals surface area contributed by atoms with Crippen LogP contribution in [0.2, 0.25) is 0 Å². The van der Waals surface area contributed by atoms with Crippen molar-refractivity contribution in [2.24, 2.45) is 0 Å².